The normalized spacial score (nSPS) is 10.5. The predicted molar refractivity (Wildman–Crippen MR) is 118 cm³/mol. The van der Waals surface area contributed by atoms with E-state index in [1.54, 1.807) is 12.1 Å². The standard InChI is InChI=1S/C23H13Br2N3/c24-19-9-5-17(6-10-19)22-13-21(16-3-1-15(14-26)2-4-16)27-23(28-22)18-7-11-20(25)12-8-18/h1-13H. The smallest absolute Gasteiger partial charge is 0.160 e. The van der Waals surface area contributed by atoms with Gasteiger partial charge in [-0.2, -0.15) is 5.26 Å². The molecular formula is C23H13Br2N3. The number of aromatic nitrogens is 2. The molecule has 28 heavy (non-hydrogen) atoms. The molecule has 1 aromatic heterocycles. The van der Waals surface area contributed by atoms with Crippen LogP contribution in [0.2, 0.25) is 0 Å². The van der Waals surface area contributed by atoms with Gasteiger partial charge in [0.2, 0.25) is 0 Å². The largest absolute Gasteiger partial charge is 0.228 e. The zero-order valence-corrected chi connectivity index (χ0v) is 17.8. The van der Waals surface area contributed by atoms with Gasteiger partial charge >= 0.3 is 0 Å². The lowest BCUT2D eigenvalue weighted by Gasteiger charge is -2.09. The van der Waals surface area contributed by atoms with E-state index in [2.05, 4.69) is 37.9 Å². The first-order valence-corrected chi connectivity index (χ1v) is 10.1. The molecule has 0 aliphatic rings. The fraction of sp³-hybridized carbons (Fsp3) is 0. The van der Waals surface area contributed by atoms with Gasteiger partial charge in [0.05, 0.1) is 23.0 Å². The van der Waals surface area contributed by atoms with Crippen molar-refractivity contribution in [3.63, 3.8) is 0 Å². The summed E-state index contributed by atoms with van der Waals surface area (Å²) in [5.41, 5.74) is 5.18. The van der Waals surface area contributed by atoms with E-state index in [1.165, 1.54) is 0 Å². The lowest BCUT2D eigenvalue weighted by molar-refractivity contribution is 1.18. The van der Waals surface area contributed by atoms with Crippen LogP contribution in [0.5, 0.6) is 0 Å². The van der Waals surface area contributed by atoms with E-state index in [0.717, 1.165) is 37.0 Å². The monoisotopic (exact) mass is 489 g/mol. The van der Waals surface area contributed by atoms with E-state index in [1.807, 2.05) is 66.7 Å². The molecule has 0 N–H and O–H groups in total. The fourth-order valence-electron chi connectivity index (χ4n) is 2.81. The lowest BCUT2D eigenvalue weighted by Crippen LogP contribution is -1.96. The Morgan fingerprint density at radius 3 is 1.50 bits per heavy atom. The number of nitrogens with zero attached hydrogens (tertiary/aromatic N) is 3. The van der Waals surface area contributed by atoms with Gasteiger partial charge in [-0.05, 0) is 42.5 Å². The van der Waals surface area contributed by atoms with Crippen LogP contribution in [-0.4, -0.2) is 9.97 Å². The Kier molecular flexibility index (Phi) is 5.34. The maximum absolute atomic E-state index is 9.05. The van der Waals surface area contributed by atoms with Crippen LogP contribution in [0.3, 0.4) is 0 Å². The summed E-state index contributed by atoms with van der Waals surface area (Å²) in [5, 5.41) is 9.05. The van der Waals surface area contributed by atoms with Crippen LogP contribution < -0.4 is 0 Å². The summed E-state index contributed by atoms with van der Waals surface area (Å²) in [7, 11) is 0. The Morgan fingerprint density at radius 1 is 0.607 bits per heavy atom. The summed E-state index contributed by atoms with van der Waals surface area (Å²) < 4.78 is 2.03. The topological polar surface area (TPSA) is 49.6 Å². The van der Waals surface area contributed by atoms with E-state index in [9.17, 15) is 0 Å². The third-order valence-corrected chi connectivity index (χ3v) is 5.34. The van der Waals surface area contributed by atoms with Crippen LogP contribution in [-0.2, 0) is 0 Å². The minimum atomic E-state index is 0.624. The zero-order chi connectivity index (χ0) is 19.5. The molecular weight excluding hydrogens is 478 g/mol. The highest BCUT2D eigenvalue weighted by molar-refractivity contribution is 9.10. The second-order valence-corrected chi connectivity index (χ2v) is 8.00. The maximum atomic E-state index is 9.05. The van der Waals surface area contributed by atoms with E-state index in [-0.39, 0.29) is 0 Å². The van der Waals surface area contributed by atoms with Crippen molar-refractivity contribution >= 4 is 31.9 Å². The quantitative estimate of drug-likeness (QED) is 0.314. The average molecular weight is 491 g/mol. The molecule has 0 aliphatic heterocycles. The van der Waals surface area contributed by atoms with Crippen LogP contribution in [0.25, 0.3) is 33.9 Å². The molecule has 5 heteroatoms. The summed E-state index contributed by atoms with van der Waals surface area (Å²) in [6.45, 7) is 0. The Labute approximate surface area is 180 Å². The molecule has 0 aliphatic carbocycles. The molecule has 0 saturated carbocycles. The van der Waals surface area contributed by atoms with Crippen LogP contribution in [0, 0.1) is 11.3 Å². The van der Waals surface area contributed by atoms with E-state index < -0.39 is 0 Å². The summed E-state index contributed by atoms with van der Waals surface area (Å²) in [5.74, 6) is 0.660. The Morgan fingerprint density at radius 2 is 1.04 bits per heavy atom. The van der Waals surface area contributed by atoms with Gasteiger partial charge in [0.1, 0.15) is 0 Å². The Bertz CT molecular complexity index is 1100. The number of rotatable bonds is 3. The van der Waals surface area contributed by atoms with Crippen molar-refractivity contribution in [1.82, 2.24) is 9.97 Å². The third-order valence-electron chi connectivity index (χ3n) is 4.28. The predicted octanol–water partition coefficient (Wildman–Crippen LogP) is 6.87. The van der Waals surface area contributed by atoms with Gasteiger partial charge in [0.15, 0.2) is 5.82 Å². The summed E-state index contributed by atoms with van der Waals surface area (Å²) in [6.07, 6.45) is 0. The highest BCUT2D eigenvalue weighted by Crippen LogP contribution is 2.29. The van der Waals surface area contributed by atoms with Crippen molar-refractivity contribution in [3.05, 3.63) is 93.4 Å². The third kappa shape index (κ3) is 4.04. The summed E-state index contributed by atoms with van der Waals surface area (Å²) in [4.78, 5) is 9.58. The van der Waals surface area contributed by atoms with Crippen LogP contribution >= 0.6 is 31.9 Å². The Balaban J connectivity index is 1.88. The first kappa shape index (κ1) is 18.5. The van der Waals surface area contributed by atoms with Crippen molar-refractivity contribution in [3.8, 4) is 40.0 Å². The fourth-order valence-corrected chi connectivity index (χ4v) is 3.34. The molecule has 4 rings (SSSR count). The molecule has 0 atom stereocenters. The molecule has 0 amide bonds. The van der Waals surface area contributed by atoms with Crippen LogP contribution in [0.1, 0.15) is 5.56 Å². The van der Waals surface area contributed by atoms with E-state index in [0.29, 0.717) is 11.4 Å². The van der Waals surface area contributed by atoms with Gasteiger partial charge < -0.3 is 0 Å². The number of halogens is 2. The van der Waals surface area contributed by atoms with Crippen LogP contribution in [0.4, 0.5) is 0 Å². The van der Waals surface area contributed by atoms with E-state index >= 15 is 0 Å². The Hall–Kier alpha value is -2.81. The minimum absolute atomic E-state index is 0.624. The van der Waals surface area contributed by atoms with Gasteiger partial charge in [-0.3, -0.25) is 0 Å². The minimum Gasteiger partial charge on any atom is -0.228 e. The molecule has 134 valence electrons. The van der Waals surface area contributed by atoms with Gasteiger partial charge in [-0.15, -0.1) is 0 Å². The summed E-state index contributed by atoms with van der Waals surface area (Å²) in [6, 6.07) is 27.6. The van der Waals surface area contributed by atoms with Gasteiger partial charge in [-0.25, -0.2) is 9.97 Å². The number of benzene rings is 3. The molecule has 0 saturated heterocycles. The molecule has 4 aromatic rings. The molecule has 1 heterocycles. The number of nitriles is 1. The first-order valence-electron chi connectivity index (χ1n) is 8.54. The molecule has 0 radical (unpaired) electrons. The van der Waals surface area contributed by atoms with Crippen molar-refractivity contribution in [2.45, 2.75) is 0 Å². The second kappa shape index (κ2) is 8.05. The summed E-state index contributed by atoms with van der Waals surface area (Å²) >= 11 is 6.95. The maximum Gasteiger partial charge on any atom is 0.160 e. The SMILES string of the molecule is N#Cc1ccc(-c2cc(-c3ccc(Br)cc3)nc(-c3ccc(Br)cc3)n2)cc1. The van der Waals surface area contributed by atoms with E-state index in [4.69, 9.17) is 15.2 Å². The highest BCUT2D eigenvalue weighted by atomic mass is 79.9. The van der Waals surface area contributed by atoms with Crippen LogP contribution in [0.15, 0.2) is 87.8 Å². The molecule has 3 nitrogen and oxygen atoms in total. The molecule has 0 fully saturated rings. The van der Waals surface area contributed by atoms with Gasteiger partial charge in [0.25, 0.3) is 0 Å². The van der Waals surface area contributed by atoms with Crippen molar-refractivity contribution in [2.75, 3.05) is 0 Å². The number of hydrogen-bond acceptors (Lipinski definition) is 3. The molecule has 0 bridgehead atoms. The average Bonchev–Trinajstić information content (AvgIpc) is 2.74. The lowest BCUT2D eigenvalue weighted by atomic mass is 10.1. The molecule has 0 spiro atoms. The first-order chi connectivity index (χ1) is 13.6. The zero-order valence-electron chi connectivity index (χ0n) is 14.6. The number of hydrogen-bond donors (Lipinski definition) is 0. The van der Waals surface area contributed by atoms with Crippen molar-refractivity contribution in [2.24, 2.45) is 0 Å². The van der Waals surface area contributed by atoms with Crippen molar-refractivity contribution < 1.29 is 0 Å². The molecule has 3 aromatic carbocycles. The highest BCUT2D eigenvalue weighted by Gasteiger charge is 2.11. The second-order valence-electron chi connectivity index (χ2n) is 6.16. The van der Waals surface area contributed by atoms with Crippen molar-refractivity contribution in [1.29, 1.82) is 5.26 Å². The van der Waals surface area contributed by atoms with Gasteiger partial charge in [0, 0.05) is 25.6 Å². The van der Waals surface area contributed by atoms with Gasteiger partial charge in [-0.1, -0.05) is 68.3 Å². The molecule has 0 unspecified atom stereocenters.